The van der Waals surface area contributed by atoms with Gasteiger partial charge in [-0.05, 0) is 28.3 Å². The van der Waals surface area contributed by atoms with Crippen LogP contribution in [0, 0.1) is 0 Å². The van der Waals surface area contributed by atoms with Gasteiger partial charge in [-0.15, -0.1) is 0 Å². The van der Waals surface area contributed by atoms with Crippen LogP contribution in [0.15, 0.2) is 77.9 Å². The number of hydrogen-bond donors (Lipinski definition) is 1. The van der Waals surface area contributed by atoms with Crippen molar-refractivity contribution in [3.63, 3.8) is 0 Å². The minimum Gasteiger partial charge on any atom is -0.481 e. The topological polar surface area (TPSA) is 89.4 Å². The summed E-state index contributed by atoms with van der Waals surface area (Å²) in [7, 11) is 1.56. The Morgan fingerprint density at radius 1 is 1.09 bits per heavy atom. The average molecular weight is 438 g/mol. The molecule has 1 N–H and O–H groups in total. The molecule has 7 nitrogen and oxygen atoms in total. The van der Waals surface area contributed by atoms with Gasteiger partial charge in [-0.3, -0.25) is 9.59 Å². The predicted octanol–water partition coefficient (Wildman–Crippen LogP) is 4.62. The summed E-state index contributed by atoms with van der Waals surface area (Å²) in [6.45, 7) is 1.96. The molecule has 7 heteroatoms. The zero-order valence-corrected chi connectivity index (χ0v) is 18.3. The fourth-order valence-electron chi connectivity index (χ4n) is 3.95. The summed E-state index contributed by atoms with van der Waals surface area (Å²) in [4.78, 5) is 32.7. The number of carbonyl (C=O) groups is 1. The highest BCUT2D eigenvalue weighted by molar-refractivity contribution is 5.96. The number of methoxy groups -OCH3 is 1. The van der Waals surface area contributed by atoms with Crippen LogP contribution in [0.25, 0.3) is 27.5 Å². The monoisotopic (exact) mass is 438 g/mol. The lowest BCUT2D eigenvalue weighted by molar-refractivity contribution is 0.0970. The molecule has 0 aliphatic carbocycles. The number of carbonyl (C=O) groups excluding carboxylic acids is 1. The first-order valence-corrected chi connectivity index (χ1v) is 10.7. The summed E-state index contributed by atoms with van der Waals surface area (Å²) in [6.07, 6.45) is 3.71. The van der Waals surface area contributed by atoms with Crippen molar-refractivity contribution in [1.82, 2.24) is 19.6 Å². The number of fused-ring (bicyclic) bond motifs is 2. The number of aromatic nitrogens is 4. The van der Waals surface area contributed by atoms with E-state index in [1.54, 1.807) is 31.6 Å². The van der Waals surface area contributed by atoms with Crippen LogP contribution >= 0.6 is 0 Å². The largest absolute Gasteiger partial charge is 0.481 e. The first-order chi connectivity index (χ1) is 16.0. The molecule has 1 atom stereocenters. The number of nitrogens with zero attached hydrogens (tertiary/aromatic N) is 3. The van der Waals surface area contributed by atoms with Crippen molar-refractivity contribution in [2.75, 3.05) is 7.11 Å². The molecule has 0 saturated carbocycles. The summed E-state index contributed by atoms with van der Waals surface area (Å²) in [5.74, 6) is 0.347. The van der Waals surface area contributed by atoms with Crippen LogP contribution < -0.4 is 10.3 Å². The highest BCUT2D eigenvalue weighted by Gasteiger charge is 2.18. The van der Waals surface area contributed by atoms with E-state index in [4.69, 9.17) is 4.74 Å². The number of ketones is 1. The molecule has 0 spiro atoms. The van der Waals surface area contributed by atoms with E-state index in [0.717, 1.165) is 21.9 Å². The minimum absolute atomic E-state index is 0.0489. The number of Topliss-reactive ketones (excluding diaryl/α,β-unsaturated/α-hetero) is 1. The van der Waals surface area contributed by atoms with Gasteiger partial charge in [0.2, 0.25) is 5.88 Å². The minimum atomic E-state index is -0.292. The van der Waals surface area contributed by atoms with Crippen molar-refractivity contribution < 1.29 is 9.53 Å². The van der Waals surface area contributed by atoms with Gasteiger partial charge in [0.1, 0.15) is 11.2 Å². The van der Waals surface area contributed by atoms with Gasteiger partial charge in [0, 0.05) is 30.3 Å². The number of aromatic amines is 1. The third kappa shape index (κ3) is 4.01. The number of ether oxygens (including phenoxy) is 1. The summed E-state index contributed by atoms with van der Waals surface area (Å²) >= 11 is 0. The van der Waals surface area contributed by atoms with Crippen LogP contribution in [-0.4, -0.2) is 32.5 Å². The van der Waals surface area contributed by atoms with E-state index in [2.05, 4.69) is 15.1 Å². The van der Waals surface area contributed by atoms with Crippen molar-refractivity contribution in [3.8, 4) is 17.1 Å². The van der Waals surface area contributed by atoms with E-state index in [9.17, 15) is 9.59 Å². The molecule has 164 valence electrons. The van der Waals surface area contributed by atoms with E-state index in [1.807, 2.05) is 55.5 Å². The number of hydrogen-bond acceptors (Lipinski definition) is 5. The van der Waals surface area contributed by atoms with Gasteiger partial charge in [-0.25, -0.2) is 9.50 Å². The second kappa shape index (κ2) is 8.35. The Balaban J connectivity index is 1.43. The smallest absolute Gasteiger partial charge is 0.274 e. The molecular weight excluding hydrogens is 416 g/mol. The molecule has 5 rings (SSSR count). The van der Waals surface area contributed by atoms with E-state index in [0.29, 0.717) is 17.1 Å². The second-order valence-electron chi connectivity index (χ2n) is 8.08. The number of benzene rings is 2. The predicted molar refractivity (Wildman–Crippen MR) is 127 cm³/mol. The number of H-pyrrole nitrogens is 1. The van der Waals surface area contributed by atoms with Crippen LogP contribution in [0.2, 0.25) is 0 Å². The van der Waals surface area contributed by atoms with Gasteiger partial charge in [0.25, 0.3) is 5.56 Å². The molecule has 3 aromatic heterocycles. The Morgan fingerprint density at radius 2 is 1.91 bits per heavy atom. The summed E-state index contributed by atoms with van der Waals surface area (Å²) in [6, 6.07) is 19.2. The maximum Gasteiger partial charge on any atom is 0.274 e. The Kier molecular flexibility index (Phi) is 5.22. The second-order valence-corrected chi connectivity index (χ2v) is 8.08. The average Bonchev–Trinajstić information content (AvgIpc) is 3.29. The lowest BCUT2D eigenvalue weighted by Gasteiger charge is -2.10. The maximum absolute atomic E-state index is 12.9. The fraction of sp³-hybridized carbons (Fsp3) is 0.154. The highest BCUT2D eigenvalue weighted by Crippen LogP contribution is 2.24. The summed E-state index contributed by atoms with van der Waals surface area (Å²) < 4.78 is 6.57. The molecule has 0 amide bonds. The van der Waals surface area contributed by atoms with Gasteiger partial charge in [0.15, 0.2) is 5.78 Å². The lowest BCUT2D eigenvalue weighted by atomic mass is 9.96. The normalized spacial score (nSPS) is 12.2. The lowest BCUT2D eigenvalue weighted by Crippen LogP contribution is -2.10. The van der Waals surface area contributed by atoms with E-state index < -0.39 is 0 Å². The molecular formula is C26H22N4O3. The number of nitrogens with one attached hydrogen (secondary N) is 1. The Morgan fingerprint density at radius 3 is 2.67 bits per heavy atom. The first-order valence-electron chi connectivity index (χ1n) is 10.7. The van der Waals surface area contributed by atoms with E-state index >= 15 is 0 Å². The molecule has 0 radical (unpaired) electrons. The van der Waals surface area contributed by atoms with Crippen molar-refractivity contribution in [2.24, 2.45) is 0 Å². The van der Waals surface area contributed by atoms with Gasteiger partial charge in [-0.1, -0.05) is 49.4 Å². The third-order valence-electron chi connectivity index (χ3n) is 5.84. The molecule has 0 aliphatic heterocycles. The van der Waals surface area contributed by atoms with Gasteiger partial charge >= 0.3 is 0 Å². The van der Waals surface area contributed by atoms with Gasteiger partial charge in [0.05, 0.1) is 19.0 Å². The van der Waals surface area contributed by atoms with E-state index in [-0.39, 0.29) is 29.4 Å². The number of pyridine rings is 1. The van der Waals surface area contributed by atoms with Crippen LogP contribution in [-0.2, 0) is 0 Å². The molecule has 5 aromatic rings. The first kappa shape index (κ1) is 20.6. The van der Waals surface area contributed by atoms with Crippen molar-refractivity contribution in [1.29, 1.82) is 0 Å². The van der Waals surface area contributed by atoms with E-state index in [1.165, 1.54) is 4.52 Å². The molecule has 33 heavy (non-hydrogen) atoms. The molecule has 0 aliphatic rings. The van der Waals surface area contributed by atoms with Crippen LogP contribution in [0.5, 0.6) is 5.88 Å². The standard InChI is InChI=1S/C26H22N4O3/c1-16(20-9-10-25(33-2)27-14-20)11-24(31)21-13-23-26(32)28-22(15-30(23)29-21)19-8-7-17-5-3-4-6-18(17)12-19/h3-10,12-16H,11H2,1-2H3,(H,28,32). The molecule has 3 heterocycles. The van der Waals surface area contributed by atoms with Crippen LogP contribution in [0.1, 0.15) is 35.3 Å². The number of rotatable bonds is 6. The third-order valence-corrected chi connectivity index (χ3v) is 5.84. The van der Waals surface area contributed by atoms with Gasteiger partial charge < -0.3 is 9.72 Å². The molecule has 0 saturated heterocycles. The Labute approximate surface area is 189 Å². The molecule has 0 bridgehead atoms. The van der Waals surface area contributed by atoms with Crippen LogP contribution in [0.4, 0.5) is 0 Å². The van der Waals surface area contributed by atoms with Crippen molar-refractivity contribution >= 4 is 22.1 Å². The zero-order valence-electron chi connectivity index (χ0n) is 18.3. The van der Waals surface area contributed by atoms with Crippen molar-refractivity contribution in [3.05, 3.63) is 94.7 Å². The molecule has 0 fully saturated rings. The molecule has 1 unspecified atom stereocenters. The SMILES string of the molecule is COc1ccc(C(C)CC(=O)c2cc3c(=O)[nH]c(-c4ccc5ccccc5c4)cn3n2)cn1. The Bertz CT molecular complexity index is 1530. The maximum atomic E-state index is 12.9. The zero-order chi connectivity index (χ0) is 22.9. The quantitative estimate of drug-likeness (QED) is 0.391. The summed E-state index contributed by atoms with van der Waals surface area (Å²) in [5, 5.41) is 6.61. The summed E-state index contributed by atoms with van der Waals surface area (Å²) in [5.41, 5.74) is 2.75. The van der Waals surface area contributed by atoms with Crippen LogP contribution in [0.3, 0.4) is 0 Å². The van der Waals surface area contributed by atoms with Crippen molar-refractivity contribution in [2.45, 2.75) is 19.3 Å². The highest BCUT2D eigenvalue weighted by atomic mass is 16.5. The molecule has 2 aromatic carbocycles. The fourth-order valence-corrected chi connectivity index (χ4v) is 3.95. The van der Waals surface area contributed by atoms with Gasteiger partial charge in [-0.2, -0.15) is 5.10 Å². The Hall–Kier alpha value is -4.26.